The highest BCUT2D eigenvalue weighted by Crippen LogP contribution is 2.09. The maximum absolute atomic E-state index is 11.5. The number of aryl methyl sites for hydroxylation is 2. The first-order valence-corrected chi connectivity index (χ1v) is 13.5. The average molecular weight is 545 g/mol. The number of ether oxygens (including phenoxy) is 2. The minimum absolute atomic E-state index is 0.266. The van der Waals surface area contributed by atoms with Crippen LogP contribution in [-0.4, -0.2) is 30.9 Å². The molecule has 0 fully saturated rings. The van der Waals surface area contributed by atoms with Crippen molar-refractivity contribution in [1.29, 1.82) is 0 Å². The lowest BCUT2D eigenvalue weighted by molar-refractivity contribution is 0.0498. The van der Waals surface area contributed by atoms with Crippen LogP contribution in [0.1, 0.15) is 57.7 Å². The molecular weight excluding hydrogens is 509 g/mol. The predicted molar refractivity (Wildman–Crippen MR) is 158 cm³/mol. The zero-order valence-electron chi connectivity index (χ0n) is 21.1. The molecule has 0 spiro atoms. The van der Waals surface area contributed by atoms with E-state index in [0.717, 1.165) is 23.5 Å². The molecule has 0 aromatic heterocycles. The predicted octanol–water partition coefficient (Wildman–Crippen LogP) is 7.30. The third-order valence-electron chi connectivity index (χ3n) is 4.73. The van der Waals surface area contributed by atoms with E-state index < -0.39 is 5.97 Å². The minimum Gasteiger partial charge on any atom is -0.462 e. The molecule has 0 saturated heterocycles. The fourth-order valence-corrected chi connectivity index (χ4v) is 3.34. The van der Waals surface area contributed by atoms with Gasteiger partial charge >= 0.3 is 11.9 Å². The highest BCUT2D eigenvalue weighted by molar-refractivity contribution is 7.80. The Labute approximate surface area is 232 Å². The van der Waals surface area contributed by atoms with E-state index in [9.17, 15) is 9.59 Å². The Hall–Kier alpha value is -2.35. The number of rotatable bonds is 8. The quantitative estimate of drug-likeness (QED) is 0.206. The third kappa shape index (κ3) is 13.1. The van der Waals surface area contributed by atoms with Crippen molar-refractivity contribution in [1.82, 2.24) is 0 Å². The normalized spacial score (nSPS) is 9.72. The van der Waals surface area contributed by atoms with Crippen molar-refractivity contribution in [3.05, 3.63) is 101 Å². The minimum atomic E-state index is -0.419. The Morgan fingerprint density at radius 3 is 1.67 bits per heavy atom. The van der Waals surface area contributed by atoms with Crippen molar-refractivity contribution in [3.63, 3.8) is 0 Å². The molecule has 0 bridgehead atoms. The van der Waals surface area contributed by atoms with E-state index >= 15 is 0 Å². The van der Waals surface area contributed by atoms with E-state index in [4.69, 9.17) is 9.47 Å². The molecular formula is C29H36O4S3. The Morgan fingerprint density at radius 1 is 0.750 bits per heavy atom. The first-order chi connectivity index (χ1) is 17.3. The zero-order chi connectivity index (χ0) is 26.8. The maximum atomic E-state index is 11.5. The zero-order valence-corrected chi connectivity index (χ0v) is 23.8. The molecule has 0 amide bonds. The highest BCUT2D eigenvalue weighted by Gasteiger charge is 2.10. The molecule has 7 heteroatoms. The summed E-state index contributed by atoms with van der Waals surface area (Å²) in [6.45, 7) is 6.80. The summed E-state index contributed by atoms with van der Waals surface area (Å²) in [4.78, 5) is 24.0. The van der Waals surface area contributed by atoms with Gasteiger partial charge in [0.1, 0.15) is 6.61 Å². The van der Waals surface area contributed by atoms with E-state index in [1.807, 2.05) is 25.1 Å². The molecule has 194 valence electrons. The van der Waals surface area contributed by atoms with E-state index in [2.05, 4.69) is 82.1 Å². The fraction of sp³-hybridized carbons (Fsp3) is 0.310. The Kier molecular flexibility index (Phi) is 16.6. The molecule has 3 rings (SSSR count). The van der Waals surface area contributed by atoms with Gasteiger partial charge in [0.15, 0.2) is 0 Å². The number of hydrogen-bond donors (Lipinski definition) is 3. The van der Waals surface area contributed by atoms with Crippen LogP contribution in [0.5, 0.6) is 0 Å². The lowest BCUT2D eigenvalue weighted by Crippen LogP contribution is -2.09. The standard InChI is InChI=1S/C13H16O4S.C9H12S.C7H8S/c1-2-7-16-12(14)10-3-5-11(6-4-10)13(15)17-8-9-18;1-2-8-3-5-9(7-10)6-4-8;1-6-3-2-4-7(8)5-6/h3-6,18H,2,7-9H2,1H3;3-6,10H,2,7H2,1H3;2-5,8H,1H3. The molecule has 0 aliphatic carbocycles. The summed E-state index contributed by atoms with van der Waals surface area (Å²) >= 11 is 12.3. The average Bonchev–Trinajstić information content (AvgIpc) is 2.91. The number of hydrogen-bond acceptors (Lipinski definition) is 7. The number of benzene rings is 3. The van der Waals surface area contributed by atoms with Crippen LogP contribution in [-0.2, 0) is 21.6 Å². The van der Waals surface area contributed by atoms with Crippen LogP contribution in [0.15, 0.2) is 77.7 Å². The van der Waals surface area contributed by atoms with Gasteiger partial charge in [-0.1, -0.05) is 55.8 Å². The van der Waals surface area contributed by atoms with Crippen LogP contribution in [0.2, 0.25) is 0 Å². The monoisotopic (exact) mass is 544 g/mol. The van der Waals surface area contributed by atoms with Gasteiger partial charge in [-0.25, -0.2) is 9.59 Å². The summed E-state index contributed by atoms with van der Waals surface area (Å²) in [5.74, 6) is 0.515. The molecule has 0 N–H and O–H groups in total. The molecule has 3 aromatic rings. The van der Waals surface area contributed by atoms with Crippen LogP contribution in [0.25, 0.3) is 0 Å². The summed E-state index contributed by atoms with van der Waals surface area (Å²) in [7, 11) is 0. The summed E-state index contributed by atoms with van der Waals surface area (Å²) in [5.41, 5.74) is 4.78. The summed E-state index contributed by atoms with van der Waals surface area (Å²) < 4.78 is 9.89. The summed E-state index contributed by atoms with van der Waals surface area (Å²) in [5, 5.41) is 0. The van der Waals surface area contributed by atoms with Crippen molar-refractivity contribution in [2.45, 2.75) is 44.3 Å². The second kappa shape index (κ2) is 18.9. The van der Waals surface area contributed by atoms with Crippen LogP contribution < -0.4 is 0 Å². The highest BCUT2D eigenvalue weighted by atomic mass is 32.1. The lowest BCUT2D eigenvalue weighted by Gasteiger charge is -2.05. The third-order valence-corrected chi connectivity index (χ3v) is 5.56. The van der Waals surface area contributed by atoms with Gasteiger partial charge in [-0.3, -0.25) is 0 Å². The Morgan fingerprint density at radius 2 is 1.28 bits per heavy atom. The second-order valence-electron chi connectivity index (χ2n) is 7.74. The summed E-state index contributed by atoms with van der Waals surface area (Å²) in [6.07, 6.45) is 1.90. The molecule has 0 saturated carbocycles. The molecule has 0 aliphatic rings. The Balaban J connectivity index is 0.000000301. The van der Waals surface area contributed by atoms with Crippen molar-refractivity contribution < 1.29 is 19.1 Å². The van der Waals surface area contributed by atoms with Crippen molar-refractivity contribution in [2.75, 3.05) is 19.0 Å². The first-order valence-electron chi connectivity index (χ1n) is 11.8. The largest absolute Gasteiger partial charge is 0.462 e. The number of esters is 2. The van der Waals surface area contributed by atoms with E-state index in [1.165, 1.54) is 16.7 Å². The first kappa shape index (κ1) is 31.7. The molecule has 0 radical (unpaired) electrons. The van der Waals surface area contributed by atoms with Gasteiger partial charge in [-0.05, 0) is 67.3 Å². The van der Waals surface area contributed by atoms with Gasteiger partial charge < -0.3 is 9.47 Å². The maximum Gasteiger partial charge on any atom is 0.338 e. The molecule has 0 heterocycles. The van der Waals surface area contributed by atoms with Crippen LogP contribution in [0, 0.1) is 6.92 Å². The van der Waals surface area contributed by atoms with Crippen LogP contribution in [0.3, 0.4) is 0 Å². The topological polar surface area (TPSA) is 52.6 Å². The second-order valence-corrected chi connectivity index (χ2v) is 9.02. The van der Waals surface area contributed by atoms with Crippen LogP contribution >= 0.6 is 37.9 Å². The SMILES string of the molecule is CCCOC(=O)c1ccc(C(=O)OCCS)cc1.CCc1ccc(CS)cc1.Cc1cccc(S)c1. The molecule has 36 heavy (non-hydrogen) atoms. The van der Waals surface area contributed by atoms with E-state index in [0.29, 0.717) is 23.5 Å². The van der Waals surface area contributed by atoms with Gasteiger partial charge in [0.25, 0.3) is 0 Å². The molecule has 0 unspecified atom stereocenters. The molecule has 0 atom stereocenters. The van der Waals surface area contributed by atoms with Gasteiger partial charge in [0.2, 0.25) is 0 Å². The Bertz CT molecular complexity index is 956. The van der Waals surface area contributed by atoms with E-state index in [1.54, 1.807) is 24.3 Å². The van der Waals surface area contributed by atoms with Gasteiger partial charge in [0.05, 0.1) is 17.7 Å². The lowest BCUT2D eigenvalue weighted by atomic mass is 10.1. The van der Waals surface area contributed by atoms with Crippen molar-refractivity contribution >= 4 is 49.8 Å². The van der Waals surface area contributed by atoms with Crippen molar-refractivity contribution in [2.24, 2.45) is 0 Å². The summed E-state index contributed by atoms with van der Waals surface area (Å²) in [6, 6.07) is 22.8. The van der Waals surface area contributed by atoms with Gasteiger partial charge in [-0.15, -0.1) is 12.6 Å². The molecule has 0 aliphatic heterocycles. The number of carbonyl (C=O) groups is 2. The molecule has 4 nitrogen and oxygen atoms in total. The van der Waals surface area contributed by atoms with Crippen molar-refractivity contribution in [3.8, 4) is 0 Å². The van der Waals surface area contributed by atoms with Crippen LogP contribution in [0.4, 0.5) is 0 Å². The number of carbonyl (C=O) groups excluding carboxylic acids is 2. The number of thiol groups is 3. The smallest absolute Gasteiger partial charge is 0.338 e. The van der Waals surface area contributed by atoms with Gasteiger partial charge in [-0.2, -0.15) is 25.3 Å². The van der Waals surface area contributed by atoms with Gasteiger partial charge in [0, 0.05) is 16.4 Å². The fourth-order valence-electron chi connectivity index (χ4n) is 2.75. The van der Waals surface area contributed by atoms with E-state index in [-0.39, 0.29) is 12.6 Å². The molecule has 3 aromatic carbocycles.